The Morgan fingerprint density at radius 2 is 2.44 bits per heavy atom. The van der Waals surface area contributed by atoms with E-state index in [1.165, 1.54) is 6.26 Å². The van der Waals surface area contributed by atoms with E-state index in [-0.39, 0.29) is 5.76 Å². The van der Waals surface area contributed by atoms with Gasteiger partial charge in [0.2, 0.25) is 0 Å². The fourth-order valence-electron chi connectivity index (χ4n) is 0.502. The number of allylic oxidation sites excluding steroid dienone is 2. The van der Waals surface area contributed by atoms with Crippen molar-refractivity contribution in [2.75, 3.05) is 0 Å². The van der Waals surface area contributed by atoms with Gasteiger partial charge in [-0.25, -0.2) is 0 Å². The van der Waals surface area contributed by atoms with Crippen LogP contribution < -0.4 is 10.8 Å². The van der Waals surface area contributed by atoms with Crippen LogP contribution in [0.5, 0.6) is 0 Å². The quantitative estimate of drug-likeness (QED) is 0.446. The van der Waals surface area contributed by atoms with Gasteiger partial charge in [-0.3, -0.25) is 0 Å². The summed E-state index contributed by atoms with van der Waals surface area (Å²) in [5.74, 6) is 0.178. The van der Waals surface area contributed by atoms with Gasteiger partial charge in [0.05, 0.1) is 12.0 Å². The Hall–Kier alpha value is -1.38. The normalized spacial score (nSPS) is 21.3. The summed E-state index contributed by atoms with van der Waals surface area (Å²) in [5.41, 5.74) is 5.67. The largest absolute Gasteiger partial charge is 0.875 e. The highest BCUT2D eigenvalue weighted by atomic mass is 16.5. The zero-order valence-corrected chi connectivity index (χ0v) is 4.70. The molecule has 1 rings (SSSR count). The van der Waals surface area contributed by atoms with E-state index in [1.54, 1.807) is 12.2 Å². The average Bonchev–Trinajstić information content (AvgIpc) is 1.89. The maximum atomic E-state index is 10.1. The maximum Gasteiger partial charge on any atom is 0.134 e. The van der Waals surface area contributed by atoms with Crippen LogP contribution in [0, 0.1) is 0 Å². The molecule has 1 aliphatic heterocycles. The molecule has 2 N–H and O–H groups in total. The Balaban J connectivity index is 2.83. The third kappa shape index (κ3) is 1.05. The van der Waals surface area contributed by atoms with Gasteiger partial charge in [-0.05, 0) is 12.2 Å². The highest BCUT2D eigenvalue weighted by Gasteiger charge is 1.98. The van der Waals surface area contributed by atoms with Crippen LogP contribution in [0.15, 0.2) is 36.1 Å². The van der Waals surface area contributed by atoms with Crippen LogP contribution in [0.4, 0.5) is 0 Å². The first-order valence-corrected chi connectivity index (χ1v) is 2.46. The zero-order chi connectivity index (χ0) is 6.69. The molecule has 3 nitrogen and oxygen atoms in total. The number of ether oxygens (including phenoxy) is 1. The highest BCUT2D eigenvalue weighted by molar-refractivity contribution is 5.28. The fraction of sp³-hybridized carbons (Fsp3) is 0. The van der Waals surface area contributed by atoms with E-state index in [0.29, 0.717) is 12.0 Å². The number of hydrogen-bond acceptors (Lipinski definition) is 3. The van der Waals surface area contributed by atoms with Gasteiger partial charge in [0.15, 0.2) is 0 Å². The minimum absolute atomic E-state index is 0.178. The third-order valence-electron chi connectivity index (χ3n) is 0.941. The standard InChI is InChI=1S/C6H7NO2/c7-5-2-1-3-9-6(5)4-8/h1-4,8H,7H2/p-1. The Bertz CT molecular complexity index is 191. The molecule has 0 aromatic heterocycles. The lowest BCUT2D eigenvalue weighted by Gasteiger charge is -2.10. The van der Waals surface area contributed by atoms with Crippen molar-refractivity contribution in [3.05, 3.63) is 36.1 Å². The Labute approximate surface area is 52.7 Å². The van der Waals surface area contributed by atoms with Gasteiger partial charge in [0, 0.05) is 0 Å². The first-order valence-electron chi connectivity index (χ1n) is 2.46. The Morgan fingerprint density at radius 1 is 1.67 bits per heavy atom. The van der Waals surface area contributed by atoms with Gasteiger partial charge in [-0.2, -0.15) is 0 Å². The molecule has 0 bridgehead atoms. The second-order valence-corrected chi connectivity index (χ2v) is 1.55. The molecule has 0 fully saturated rings. The van der Waals surface area contributed by atoms with Crippen molar-refractivity contribution in [2.45, 2.75) is 0 Å². The summed E-state index contributed by atoms with van der Waals surface area (Å²) in [6.07, 6.45) is 5.21. The van der Waals surface area contributed by atoms with E-state index < -0.39 is 0 Å². The van der Waals surface area contributed by atoms with Crippen molar-refractivity contribution in [3.63, 3.8) is 0 Å². The van der Waals surface area contributed by atoms with Gasteiger partial charge in [0.1, 0.15) is 5.76 Å². The number of hydrogen-bond donors (Lipinski definition) is 1. The summed E-state index contributed by atoms with van der Waals surface area (Å²) < 4.78 is 4.71. The Kier molecular flexibility index (Phi) is 1.44. The van der Waals surface area contributed by atoms with Gasteiger partial charge < -0.3 is 15.6 Å². The van der Waals surface area contributed by atoms with Crippen molar-refractivity contribution in [2.24, 2.45) is 5.73 Å². The van der Waals surface area contributed by atoms with E-state index in [1.807, 2.05) is 0 Å². The molecule has 1 heterocycles. The lowest BCUT2D eigenvalue weighted by atomic mass is 10.3. The van der Waals surface area contributed by atoms with E-state index in [0.717, 1.165) is 0 Å². The maximum absolute atomic E-state index is 10.1. The molecule has 3 heteroatoms. The lowest BCUT2D eigenvalue weighted by Crippen LogP contribution is -2.07. The molecule has 1 aliphatic rings. The molecular weight excluding hydrogens is 118 g/mol. The molecule has 0 saturated heterocycles. The smallest absolute Gasteiger partial charge is 0.134 e. The van der Waals surface area contributed by atoms with E-state index >= 15 is 0 Å². The number of rotatable bonds is 0. The van der Waals surface area contributed by atoms with E-state index in [4.69, 9.17) is 10.5 Å². The molecule has 0 aliphatic carbocycles. The van der Waals surface area contributed by atoms with E-state index in [9.17, 15) is 5.11 Å². The molecule has 0 atom stereocenters. The minimum atomic E-state index is 0.178. The average molecular weight is 124 g/mol. The lowest BCUT2D eigenvalue weighted by molar-refractivity contribution is -0.278. The van der Waals surface area contributed by atoms with Crippen molar-refractivity contribution in [1.29, 1.82) is 0 Å². The summed E-state index contributed by atoms with van der Waals surface area (Å²) in [6.45, 7) is 0. The van der Waals surface area contributed by atoms with Crippen LogP contribution in [0.25, 0.3) is 0 Å². The van der Waals surface area contributed by atoms with Crippen LogP contribution >= 0.6 is 0 Å². The predicted molar refractivity (Wildman–Crippen MR) is 30.6 cm³/mol. The molecule has 0 amide bonds. The summed E-state index contributed by atoms with van der Waals surface area (Å²) in [6, 6.07) is 0. The second-order valence-electron chi connectivity index (χ2n) is 1.55. The first kappa shape index (κ1) is 5.75. The monoisotopic (exact) mass is 124 g/mol. The molecule has 48 valence electrons. The molecular formula is C6H6NO2-. The molecule has 9 heavy (non-hydrogen) atoms. The zero-order valence-electron chi connectivity index (χ0n) is 4.70. The topological polar surface area (TPSA) is 58.3 Å². The molecule has 0 aromatic carbocycles. The summed E-state index contributed by atoms with van der Waals surface area (Å²) in [4.78, 5) is 0. The van der Waals surface area contributed by atoms with Crippen LogP contribution in [-0.4, -0.2) is 0 Å². The molecule has 0 unspecified atom stereocenters. The Morgan fingerprint density at radius 3 is 2.89 bits per heavy atom. The van der Waals surface area contributed by atoms with Crippen molar-refractivity contribution in [3.8, 4) is 0 Å². The third-order valence-corrected chi connectivity index (χ3v) is 0.941. The van der Waals surface area contributed by atoms with Gasteiger partial charge >= 0.3 is 0 Å². The van der Waals surface area contributed by atoms with Crippen LogP contribution in [-0.2, 0) is 4.74 Å². The van der Waals surface area contributed by atoms with Crippen molar-refractivity contribution in [1.82, 2.24) is 0 Å². The van der Waals surface area contributed by atoms with Gasteiger partial charge in [0.25, 0.3) is 0 Å². The predicted octanol–water partition coefficient (Wildman–Crippen LogP) is -0.425. The van der Waals surface area contributed by atoms with Gasteiger partial charge in [-0.1, -0.05) is 0 Å². The van der Waals surface area contributed by atoms with Crippen LogP contribution in [0.2, 0.25) is 0 Å². The minimum Gasteiger partial charge on any atom is -0.875 e. The highest BCUT2D eigenvalue weighted by Crippen LogP contribution is 2.08. The van der Waals surface area contributed by atoms with Crippen LogP contribution in [0.3, 0.4) is 0 Å². The molecule has 0 spiro atoms. The molecule has 0 saturated carbocycles. The summed E-state index contributed by atoms with van der Waals surface area (Å²) in [7, 11) is 0. The van der Waals surface area contributed by atoms with Crippen molar-refractivity contribution < 1.29 is 9.84 Å². The van der Waals surface area contributed by atoms with Crippen LogP contribution in [0.1, 0.15) is 0 Å². The van der Waals surface area contributed by atoms with Crippen molar-refractivity contribution >= 4 is 0 Å². The summed E-state index contributed by atoms with van der Waals surface area (Å²) >= 11 is 0. The summed E-state index contributed by atoms with van der Waals surface area (Å²) in [5, 5.41) is 10.1. The second kappa shape index (κ2) is 2.26. The van der Waals surface area contributed by atoms with Gasteiger partial charge in [-0.15, -0.1) is 6.26 Å². The molecule has 0 radical (unpaired) electrons. The van der Waals surface area contributed by atoms with E-state index in [2.05, 4.69) is 0 Å². The fourth-order valence-corrected chi connectivity index (χ4v) is 0.502. The molecule has 0 aromatic rings. The number of nitrogens with two attached hydrogens (primary N) is 1. The SMILES string of the molecule is NC1=CC=COC1=C[O-]. The first-order chi connectivity index (χ1) is 4.34.